The summed E-state index contributed by atoms with van der Waals surface area (Å²) in [6.45, 7) is 6.41. The lowest BCUT2D eigenvalue weighted by molar-refractivity contribution is -0.143. The van der Waals surface area contributed by atoms with Crippen molar-refractivity contribution in [2.75, 3.05) is 25.1 Å². The summed E-state index contributed by atoms with van der Waals surface area (Å²) in [5.41, 5.74) is -0.121. The van der Waals surface area contributed by atoms with E-state index in [9.17, 15) is 35.9 Å². The van der Waals surface area contributed by atoms with Crippen LogP contribution in [0.3, 0.4) is 0 Å². The van der Waals surface area contributed by atoms with Crippen molar-refractivity contribution in [3.05, 3.63) is 64.2 Å². The van der Waals surface area contributed by atoms with Gasteiger partial charge in [-0.25, -0.2) is 4.79 Å². The zero-order chi connectivity index (χ0) is 32.2. The number of carbonyl (C=O) groups is 2. The average molecular weight is 625 g/mol. The van der Waals surface area contributed by atoms with Crippen molar-refractivity contribution in [1.29, 1.82) is 0 Å². The van der Waals surface area contributed by atoms with Crippen LogP contribution in [0.25, 0.3) is 5.57 Å². The Bertz CT molecular complexity index is 1460. The maximum Gasteiger partial charge on any atom is 0.416 e. The highest BCUT2D eigenvalue weighted by molar-refractivity contribution is 5.96. The summed E-state index contributed by atoms with van der Waals surface area (Å²) < 4.78 is 92.4. The van der Waals surface area contributed by atoms with Gasteiger partial charge in [0.05, 0.1) is 24.3 Å². The molecule has 2 atom stereocenters. The molecule has 0 N–H and O–H groups in total. The number of ether oxygens (including phenoxy) is 2. The molecule has 5 rings (SSSR count). The van der Waals surface area contributed by atoms with Crippen molar-refractivity contribution in [2.45, 2.75) is 77.4 Å². The summed E-state index contributed by atoms with van der Waals surface area (Å²) in [7, 11) is 1.54. The second-order valence-electron chi connectivity index (χ2n) is 12.5. The number of hydrogen-bond acceptors (Lipinski definition) is 4. The zero-order valence-corrected chi connectivity index (χ0v) is 24.9. The molecule has 0 aromatic heterocycles. The van der Waals surface area contributed by atoms with Gasteiger partial charge in [0.2, 0.25) is 5.91 Å². The maximum absolute atomic E-state index is 13.5. The van der Waals surface area contributed by atoms with E-state index in [0.717, 1.165) is 35.2 Å². The summed E-state index contributed by atoms with van der Waals surface area (Å²) in [4.78, 5) is 28.7. The largest absolute Gasteiger partial charge is 0.496 e. The van der Waals surface area contributed by atoms with Gasteiger partial charge in [-0.2, -0.15) is 26.3 Å². The Morgan fingerprint density at radius 2 is 1.64 bits per heavy atom. The molecule has 0 unspecified atom stereocenters. The standard InChI is InChI=1S/C32H34F6N2O4/c1-18-28(19-12-21(31(33,34)35)14-22(13-19)32(36,37)38)44-29(42)40(18)17-20-16-30(2,3)10-9-24(20)25-15-23(7-8-26(25)43-4)39-11-5-6-27(39)41/h7-8,12-15,18,28H,5-6,9-11,16-17H2,1-4H3/t18-,28-/m0/s1. The molecular weight excluding hydrogens is 590 g/mol. The predicted octanol–water partition coefficient (Wildman–Crippen LogP) is 8.41. The minimum Gasteiger partial charge on any atom is -0.496 e. The van der Waals surface area contributed by atoms with Gasteiger partial charge >= 0.3 is 18.4 Å². The number of allylic oxidation sites excluding steroid dienone is 1. The third-order valence-corrected chi connectivity index (χ3v) is 8.76. The van der Waals surface area contributed by atoms with Crippen molar-refractivity contribution >= 4 is 23.3 Å². The van der Waals surface area contributed by atoms with Crippen molar-refractivity contribution < 1.29 is 45.4 Å². The number of rotatable bonds is 6. The first kappa shape index (κ1) is 31.7. The smallest absolute Gasteiger partial charge is 0.416 e. The molecule has 3 aliphatic rings. The summed E-state index contributed by atoms with van der Waals surface area (Å²) in [6, 6.07) is 5.95. The number of amides is 2. The molecule has 2 amide bonds. The van der Waals surface area contributed by atoms with Gasteiger partial charge in [0.1, 0.15) is 11.9 Å². The number of halogens is 6. The van der Waals surface area contributed by atoms with E-state index in [4.69, 9.17) is 9.47 Å². The van der Waals surface area contributed by atoms with Crippen LogP contribution in [0.15, 0.2) is 42.0 Å². The minimum atomic E-state index is -5.03. The molecule has 0 spiro atoms. The fourth-order valence-corrected chi connectivity index (χ4v) is 6.42. The summed E-state index contributed by atoms with van der Waals surface area (Å²) >= 11 is 0. The number of carbonyl (C=O) groups excluding carboxylic acids is 2. The minimum absolute atomic E-state index is 0.0306. The second kappa shape index (κ2) is 11.3. The topological polar surface area (TPSA) is 59.1 Å². The van der Waals surface area contributed by atoms with E-state index in [0.29, 0.717) is 43.7 Å². The molecule has 0 bridgehead atoms. The van der Waals surface area contributed by atoms with Crippen molar-refractivity contribution in [1.82, 2.24) is 4.90 Å². The van der Waals surface area contributed by atoms with Gasteiger partial charge in [0.15, 0.2) is 0 Å². The van der Waals surface area contributed by atoms with Gasteiger partial charge in [-0.05, 0) is 91.1 Å². The van der Waals surface area contributed by atoms with E-state index in [-0.39, 0.29) is 29.5 Å². The van der Waals surface area contributed by atoms with Crippen LogP contribution >= 0.6 is 0 Å². The Balaban J connectivity index is 1.52. The number of methoxy groups -OCH3 is 1. The van der Waals surface area contributed by atoms with Gasteiger partial charge in [-0.3, -0.25) is 9.69 Å². The lowest BCUT2D eigenvalue weighted by Crippen LogP contribution is -2.35. The summed E-state index contributed by atoms with van der Waals surface area (Å²) in [5, 5.41) is 0. The average Bonchev–Trinajstić information content (AvgIpc) is 3.49. The first-order chi connectivity index (χ1) is 20.5. The highest BCUT2D eigenvalue weighted by Crippen LogP contribution is 2.47. The number of cyclic esters (lactones) is 1. The molecule has 12 heteroatoms. The first-order valence-electron chi connectivity index (χ1n) is 14.4. The summed E-state index contributed by atoms with van der Waals surface area (Å²) in [6.07, 6.45) is -8.94. The SMILES string of the molecule is COc1ccc(N2CCCC2=O)cc1C1=C(CN2C(=O)O[C@H](c3cc(C(F)(F)F)cc(C(F)(F)F)c3)[C@@H]2C)CC(C)(C)CC1. The number of hydrogen-bond donors (Lipinski definition) is 0. The lowest BCUT2D eigenvalue weighted by Gasteiger charge is -2.36. The fraction of sp³-hybridized carbons (Fsp3) is 0.500. The van der Waals surface area contributed by atoms with Crippen LogP contribution in [0.2, 0.25) is 0 Å². The molecule has 2 aromatic rings. The molecule has 2 heterocycles. The van der Waals surface area contributed by atoms with E-state index < -0.39 is 41.7 Å². The number of alkyl halides is 6. The van der Waals surface area contributed by atoms with Crippen LogP contribution in [0, 0.1) is 5.41 Å². The molecule has 2 fully saturated rings. The zero-order valence-electron chi connectivity index (χ0n) is 24.9. The maximum atomic E-state index is 13.5. The normalized spacial score (nSPS) is 22.6. The highest BCUT2D eigenvalue weighted by Gasteiger charge is 2.44. The third kappa shape index (κ3) is 6.25. The third-order valence-electron chi connectivity index (χ3n) is 8.76. The van der Waals surface area contributed by atoms with E-state index in [1.165, 1.54) is 4.90 Å². The van der Waals surface area contributed by atoms with E-state index in [2.05, 4.69) is 13.8 Å². The molecular formula is C32H34F6N2O4. The molecule has 0 radical (unpaired) electrons. The van der Waals surface area contributed by atoms with E-state index in [1.807, 2.05) is 12.1 Å². The van der Waals surface area contributed by atoms with Crippen LogP contribution in [0.5, 0.6) is 5.75 Å². The lowest BCUT2D eigenvalue weighted by atomic mass is 9.72. The molecule has 2 aliphatic heterocycles. The number of nitrogens with zero attached hydrogens (tertiary/aromatic N) is 2. The highest BCUT2D eigenvalue weighted by atomic mass is 19.4. The van der Waals surface area contributed by atoms with Crippen LogP contribution in [-0.2, 0) is 21.9 Å². The summed E-state index contributed by atoms with van der Waals surface area (Å²) in [5.74, 6) is 0.620. The Hall–Kier alpha value is -3.70. The molecule has 1 aliphatic carbocycles. The Labute approximate surface area is 251 Å². The molecule has 2 saturated heterocycles. The van der Waals surface area contributed by atoms with Crippen molar-refractivity contribution in [2.24, 2.45) is 5.41 Å². The quantitative estimate of drug-likeness (QED) is 0.303. The van der Waals surface area contributed by atoms with Crippen LogP contribution < -0.4 is 9.64 Å². The monoisotopic (exact) mass is 624 g/mol. The van der Waals surface area contributed by atoms with E-state index in [1.54, 1.807) is 25.0 Å². The molecule has 238 valence electrons. The van der Waals surface area contributed by atoms with Crippen LogP contribution in [0.1, 0.15) is 81.2 Å². The van der Waals surface area contributed by atoms with Crippen LogP contribution in [-0.4, -0.2) is 43.1 Å². The van der Waals surface area contributed by atoms with Gasteiger partial charge in [-0.1, -0.05) is 13.8 Å². The Morgan fingerprint density at radius 1 is 0.977 bits per heavy atom. The molecule has 0 saturated carbocycles. The Morgan fingerprint density at radius 3 is 2.20 bits per heavy atom. The number of anilines is 1. The van der Waals surface area contributed by atoms with Crippen molar-refractivity contribution in [3.63, 3.8) is 0 Å². The predicted molar refractivity (Wildman–Crippen MR) is 151 cm³/mol. The fourth-order valence-electron chi connectivity index (χ4n) is 6.42. The van der Waals surface area contributed by atoms with Gasteiger partial charge in [0.25, 0.3) is 0 Å². The first-order valence-corrected chi connectivity index (χ1v) is 14.4. The van der Waals surface area contributed by atoms with E-state index >= 15 is 0 Å². The van der Waals surface area contributed by atoms with Gasteiger partial charge < -0.3 is 14.4 Å². The van der Waals surface area contributed by atoms with Gasteiger partial charge in [0, 0.05) is 30.8 Å². The molecule has 44 heavy (non-hydrogen) atoms. The van der Waals surface area contributed by atoms with Gasteiger partial charge in [-0.15, -0.1) is 0 Å². The van der Waals surface area contributed by atoms with Crippen LogP contribution in [0.4, 0.5) is 36.8 Å². The molecule has 6 nitrogen and oxygen atoms in total. The Kier molecular flexibility index (Phi) is 8.17. The second-order valence-corrected chi connectivity index (χ2v) is 12.5. The number of benzene rings is 2. The van der Waals surface area contributed by atoms with Crippen molar-refractivity contribution in [3.8, 4) is 5.75 Å². The molecule has 2 aromatic carbocycles.